The number of nitrogens with zero attached hydrogens (tertiary/aromatic N) is 1. The van der Waals surface area contributed by atoms with Crippen molar-refractivity contribution >= 4 is 34.6 Å². The Morgan fingerprint density at radius 2 is 2.18 bits per heavy atom. The Morgan fingerprint density at radius 3 is 2.76 bits per heavy atom. The number of carbonyl (C=O) groups is 1. The maximum atomic E-state index is 10.5. The molecule has 0 saturated heterocycles. The average molecular weight is 254 g/mol. The van der Waals surface area contributed by atoms with Crippen LogP contribution in [0.3, 0.4) is 0 Å². The van der Waals surface area contributed by atoms with Gasteiger partial charge >= 0.3 is 5.97 Å². The average Bonchev–Trinajstić information content (AvgIpc) is 2.26. The van der Waals surface area contributed by atoms with Crippen LogP contribution in [0.25, 0.3) is 0 Å². The second-order valence-electron chi connectivity index (χ2n) is 3.25. The molecule has 0 radical (unpaired) electrons. The van der Waals surface area contributed by atoms with Gasteiger partial charge in [-0.05, 0) is 6.07 Å². The second kappa shape index (κ2) is 5.90. The molecule has 0 bridgehead atoms. The fraction of sp³-hybridized carbons (Fsp3) is 0.200. The summed E-state index contributed by atoms with van der Waals surface area (Å²) in [5, 5.41) is 21.7. The van der Waals surface area contributed by atoms with E-state index in [-0.39, 0.29) is 18.5 Å². The molecule has 0 heterocycles. The first kappa shape index (κ1) is 13.0. The summed E-state index contributed by atoms with van der Waals surface area (Å²) in [5.74, 6) is -0.937. The van der Waals surface area contributed by atoms with Gasteiger partial charge in [0, 0.05) is 24.2 Å². The molecule has 1 rings (SSSR count). The van der Waals surface area contributed by atoms with Crippen LogP contribution in [0, 0.1) is 10.1 Å². The fourth-order valence-electron chi connectivity index (χ4n) is 1.14. The van der Waals surface area contributed by atoms with Crippen LogP contribution in [-0.2, 0) is 4.79 Å². The van der Waals surface area contributed by atoms with E-state index >= 15 is 0 Å². The van der Waals surface area contributed by atoms with E-state index in [4.69, 9.17) is 17.3 Å². The summed E-state index contributed by atoms with van der Waals surface area (Å²) < 4.78 is 0. The van der Waals surface area contributed by atoms with Gasteiger partial charge in [0.15, 0.2) is 0 Å². The van der Waals surface area contributed by atoms with Crippen LogP contribution in [0.5, 0.6) is 0 Å². The van der Waals surface area contributed by atoms with E-state index in [1.807, 2.05) is 0 Å². The van der Waals surface area contributed by atoms with Crippen molar-refractivity contribution in [1.29, 1.82) is 0 Å². The minimum Gasteiger partial charge on any atom is -0.481 e. The molecule has 0 aliphatic heterocycles. The number of benzene rings is 1. The third-order valence-electron chi connectivity index (χ3n) is 1.91. The lowest BCUT2D eigenvalue weighted by atomic mass is 10.2. The van der Waals surface area contributed by atoms with Gasteiger partial charge in [0.2, 0.25) is 0 Å². The van der Waals surface area contributed by atoms with Gasteiger partial charge in [-0.3, -0.25) is 14.9 Å². The Morgan fingerprint density at radius 1 is 1.47 bits per heavy atom. The lowest BCUT2D eigenvalue weighted by molar-refractivity contribution is -0.384. The summed E-state index contributed by atoms with van der Waals surface area (Å²) in [5.41, 5.74) is 0.436. The van der Waals surface area contributed by atoms with Crippen molar-refractivity contribution < 1.29 is 14.8 Å². The van der Waals surface area contributed by atoms with Crippen molar-refractivity contribution in [3.8, 4) is 0 Å². The Balaban J connectivity index is 2.62. The third-order valence-corrected chi connectivity index (χ3v) is 2.21. The molecular weight excluding hydrogens is 244 g/mol. The van der Waals surface area contributed by atoms with Crippen molar-refractivity contribution in [2.24, 2.45) is 0 Å². The number of carboxylic acid groups (broad SMARTS) is 1. The smallest absolute Gasteiger partial charge is 0.303 e. The number of aliphatic carboxylic acids is 1. The number of hydrogen-bond acceptors (Lipinski definition) is 4. The van der Waals surface area contributed by atoms with Gasteiger partial charge in [-0.2, -0.15) is 0 Å². The monoisotopic (exact) mass is 254 g/mol. The van der Waals surface area contributed by atoms with Gasteiger partial charge < -0.3 is 10.4 Å². The Kier molecular flexibility index (Phi) is 4.53. The zero-order valence-corrected chi connectivity index (χ0v) is 9.57. The summed E-state index contributed by atoms with van der Waals surface area (Å²) in [6, 6.07) is 5.86. The van der Waals surface area contributed by atoms with Gasteiger partial charge in [0.25, 0.3) is 5.69 Å². The van der Waals surface area contributed by atoms with Crippen molar-refractivity contribution in [3.05, 3.63) is 34.4 Å². The molecule has 0 amide bonds. The Bertz CT molecular complexity index is 461. The van der Waals surface area contributed by atoms with Crippen LogP contribution >= 0.6 is 12.2 Å². The van der Waals surface area contributed by atoms with Crippen molar-refractivity contribution in [3.63, 3.8) is 0 Å². The predicted octanol–water partition coefficient (Wildman–Crippen LogP) is 2.20. The van der Waals surface area contributed by atoms with Crippen molar-refractivity contribution in [1.82, 2.24) is 0 Å². The highest BCUT2D eigenvalue weighted by atomic mass is 32.1. The largest absolute Gasteiger partial charge is 0.481 e. The van der Waals surface area contributed by atoms with E-state index in [0.717, 1.165) is 0 Å². The molecular formula is C10H10N2O4S. The number of nitrogens with one attached hydrogen (secondary N) is 1. The van der Waals surface area contributed by atoms with Crippen molar-refractivity contribution in [2.45, 2.75) is 12.8 Å². The lowest BCUT2D eigenvalue weighted by Crippen LogP contribution is -2.11. The molecule has 0 aliphatic carbocycles. The quantitative estimate of drug-likeness (QED) is 0.475. The van der Waals surface area contributed by atoms with Crippen LogP contribution in [0.4, 0.5) is 11.4 Å². The summed E-state index contributed by atoms with van der Waals surface area (Å²) in [4.78, 5) is 20.7. The Labute approximate surface area is 102 Å². The molecule has 0 atom stereocenters. The number of nitro benzene ring substituents is 1. The molecule has 0 aromatic heterocycles. The number of rotatable bonds is 5. The zero-order valence-electron chi connectivity index (χ0n) is 8.75. The van der Waals surface area contributed by atoms with Crippen LogP contribution in [0.2, 0.25) is 0 Å². The standard InChI is InChI=1S/C10H10N2O4S/c13-10(14)5-4-9(17)11-7-2-1-3-8(6-7)12(15)16/h1-3,6H,4-5H2,(H,11,17)(H,13,14). The zero-order chi connectivity index (χ0) is 12.8. The second-order valence-corrected chi connectivity index (χ2v) is 3.74. The van der Waals surface area contributed by atoms with Gasteiger partial charge in [-0.25, -0.2) is 0 Å². The summed E-state index contributed by atoms with van der Waals surface area (Å²) in [6.07, 6.45) is 0.133. The van der Waals surface area contributed by atoms with E-state index in [2.05, 4.69) is 5.32 Å². The molecule has 1 aromatic carbocycles. The molecule has 6 nitrogen and oxygen atoms in total. The maximum Gasteiger partial charge on any atom is 0.303 e. The van der Waals surface area contributed by atoms with E-state index in [0.29, 0.717) is 10.7 Å². The van der Waals surface area contributed by atoms with Gasteiger partial charge in [0.05, 0.1) is 16.3 Å². The molecule has 0 fully saturated rings. The van der Waals surface area contributed by atoms with Crippen LogP contribution in [0.1, 0.15) is 12.8 Å². The highest BCUT2D eigenvalue weighted by Crippen LogP contribution is 2.17. The highest BCUT2D eigenvalue weighted by Gasteiger charge is 2.07. The highest BCUT2D eigenvalue weighted by molar-refractivity contribution is 7.80. The minimum absolute atomic E-state index is 0.0453. The molecule has 0 unspecified atom stereocenters. The van der Waals surface area contributed by atoms with Crippen molar-refractivity contribution in [2.75, 3.05) is 5.32 Å². The predicted molar refractivity (Wildman–Crippen MR) is 66.2 cm³/mol. The summed E-state index contributed by atoms with van der Waals surface area (Å²) in [6.45, 7) is 0. The molecule has 0 aliphatic rings. The van der Waals surface area contributed by atoms with E-state index in [1.54, 1.807) is 6.07 Å². The SMILES string of the molecule is O=C(O)CCC(=S)Nc1cccc([N+](=O)[O-])c1. The summed E-state index contributed by atoms with van der Waals surface area (Å²) in [7, 11) is 0. The number of hydrogen-bond donors (Lipinski definition) is 2. The van der Waals surface area contributed by atoms with Crippen LogP contribution in [0.15, 0.2) is 24.3 Å². The fourth-order valence-corrected chi connectivity index (χ4v) is 1.36. The normalized spacial score (nSPS) is 9.65. The first-order valence-electron chi connectivity index (χ1n) is 4.75. The molecule has 17 heavy (non-hydrogen) atoms. The van der Waals surface area contributed by atoms with Crippen LogP contribution < -0.4 is 5.32 Å². The van der Waals surface area contributed by atoms with E-state index < -0.39 is 10.9 Å². The van der Waals surface area contributed by atoms with Crippen LogP contribution in [-0.4, -0.2) is 21.0 Å². The number of anilines is 1. The summed E-state index contributed by atoms with van der Waals surface area (Å²) >= 11 is 4.92. The van der Waals surface area contributed by atoms with Gasteiger partial charge in [-0.15, -0.1) is 0 Å². The van der Waals surface area contributed by atoms with E-state index in [1.165, 1.54) is 18.2 Å². The molecule has 0 spiro atoms. The number of thiocarbonyl (C=S) groups is 1. The number of nitro groups is 1. The van der Waals surface area contributed by atoms with Gasteiger partial charge in [-0.1, -0.05) is 18.3 Å². The topological polar surface area (TPSA) is 92.5 Å². The number of non-ortho nitro benzene ring substituents is 1. The Hall–Kier alpha value is -2.02. The van der Waals surface area contributed by atoms with Gasteiger partial charge in [0.1, 0.15) is 0 Å². The first-order valence-corrected chi connectivity index (χ1v) is 5.16. The number of carboxylic acids is 1. The lowest BCUT2D eigenvalue weighted by Gasteiger charge is -2.06. The minimum atomic E-state index is -0.937. The molecule has 7 heteroatoms. The third kappa shape index (κ3) is 4.56. The molecule has 1 aromatic rings. The molecule has 90 valence electrons. The molecule has 2 N–H and O–H groups in total. The van der Waals surface area contributed by atoms with E-state index in [9.17, 15) is 14.9 Å². The first-order chi connectivity index (χ1) is 7.99. The maximum absolute atomic E-state index is 10.5. The molecule has 0 saturated carbocycles.